The molecule has 3 fully saturated rings. The zero-order valence-electron chi connectivity index (χ0n) is 10.5. The van der Waals surface area contributed by atoms with Gasteiger partial charge in [0.15, 0.2) is 0 Å². The lowest BCUT2D eigenvalue weighted by atomic mass is 10.1. The van der Waals surface area contributed by atoms with Crippen LogP contribution >= 0.6 is 0 Å². The normalized spacial score (nSPS) is 40.0. The molecule has 3 aliphatic heterocycles. The number of likely N-dealkylation sites (N-methyl/N-ethyl adjacent to an activating group) is 1. The Labute approximate surface area is 93.8 Å². The van der Waals surface area contributed by atoms with Crippen LogP contribution in [-0.2, 0) is 4.74 Å². The van der Waals surface area contributed by atoms with Gasteiger partial charge in [-0.1, -0.05) is 0 Å². The highest BCUT2D eigenvalue weighted by molar-refractivity contribution is 4.60. The van der Waals surface area contributed by atoms with Crippen LogP contribution in [0.25, 0.3) is 0 Å². The SMILES string of the molecule is CC(C)OCC[N+]12CC[N+](C)(CC1)CC2. The maximum atomic E-state index is 5.69. The van der Waals surface area contributed by atoms with Crippen molar-refractivity contribution in [2.75, 3.05) is 59.5 Å². The minimum atomic E-state index is 0.388. The summed E-state index contributed by atoms with van der Waals surface area (Å²) < 4.78 is 8.35. The smallest absolute Gasteiger partial charge is 0.129 e. The second kappa shape index (κ2) is 4.04. The van der Waals surface area contributed by atoms with Crippen LogP contribution in [0.3, 0.4) is 0 Å². The number of fused-ring (bicyclic) bond motifs is 3. The van der Waals surface area contributed by atoms with E-state index in [1.807, 2.05) is 0 Å². The van der Waals surface area contributed by atoms with Gasteiger partial charge in [0.25, 0.3) is 0 Å². The van der Waals surface area contributed by atoms with Crippen LogP contribution in [0.5, 0.6) is 0 Å². The van der Waals surface area contributed by atoms with E-state index in [0.29, 0.717) is 6.10 Å². The molecule has 0 unspecified atom stereocenters. The van der Waals surface area contributed by atoms with Crippen molar-refractivity contribution in [1.29, 1.82) is 0 Å². The summed E-state index contributed by atoms with van der Waals surface area (Å²) in [6, 6.07) is 0. The van der Waals surface area contributed by atoms with Crippen LogP contribution in [0.1, 0.15) is 13.8 Å². The molecule has 3 nitrogen and oxygen atoms in total. The molecule has 3 aliphatic rings. The molecule has 3 heterocycles. The third-order valence-corrected chi connectivity index (χ3v) is 4.36. The summed E-state index contributed by atoms with van der Waals surface area (Å²) in [5, 5.41) is 0. The molecule has 0 radical (unpaired) electrons. The van der Waals surface area contributed by atoms with Crippen molar-refractivity contribution in [1.82, 2.24) is 0 Å². The number of hydrogen-bond acceptors (Lipinski definition) is 1. The molecule has 3 rings (SSSR count). The third-order valence-electron chi connectivity index (χ3n) is 4.36. The fourth-order valence-corrected chi connectivity index (χ4v) is 2.85. The molecule has 0 amide bonds. The van der Waals surface area contributed by atoms with Crippen LogP contribution in [0, 0.1) is 0 Å². The average Bonchev–Trinajstić information content (AvgIpc) is 2.20. The number of nitrogens with zero attached hydrogens (tertiary/aromatic N) is 2. The van der Waals surface area contributed by atoms with E-state index in [1.165, 1.54) is 54.8 Å². The van der Waals surface area contributed by atoms with Crippen LogP contribution in [0.4, 0.5) is 0 Å². The monoisotopic (exact) mass is 214 g/mol. The van der Waals surface area contributed by atoms with Gasteiger partial charge in [-0.25, -0.2) is 0 Å². The molecule has 3 saturated heterocycles. The number of hydrogen-bond donors (Lipinski definition) is 0. The zero-order valence-corrected chi connectivity index (χ0v) is 10.5. The highest BCUT2D eigenvalue weighted by atomic mass is 16.5. The molecule has 0 aromatic heterocycles. The number of ether oxygens (including phenoxy) is 1. The van der Waals surface area contributed by atoms with Crippen molar-refractivity contribution in [2.45, 2.75) is 20.0 Å². The molecule has 0 atom stereocenters. The Morgan fingerprint density at radius 3 is 2.00 bits per heavy atom. The quantitative estimate of drug-likeness (QED) is 0.626. The van der Waals surface area contributed by atoms with E-state index in [-0.39, 0.29) is 0 Å². The predicted octanol–water partition coefficient (Wildman–Crippen LogP) is 0.702. The van der Waals surface area contributed by atoms with E-state index in [9.17, 15) is 0 Å². The molecule has 0 aromatic rings. The second-order valence-electron chi connectivity index (χ2n) is 5.95. The van der Waals surface area contributed by atoms with Gasteiger partial charge in [-0.15, -0.1) is 0 Å². The van der Waals surface area contributed by atoms with Crippen LogP contribution in [-0.4, -0.2) is 74.5 Å². The maximum Gasteiger partial charge on any atom is 0.129 e. The lowest BCUT2D eigenvalue weighted by Gasteiger charge is -2.54. The topological polar surface area (TPSA) is 9.23 Å². The minimum absolute atomic E-state index is 0.388. The molecule has 15 heavy (non-hydrogen) atoms. The molecular formula is C12H26N2O+2. The highest BCUT2D eigenvalue weighted by Crippen LogP contribution is 2.24. The summed E-state index contributed by atoms with van der Waals surface area (Å²) in [5.41, 5.74) is 0. The van der Waals surface area contributed by atoms with Crippen LogP contribution < -0.4 is 0 Å². The van der Waals surface area contributed by atoms with E-state index in [2.05, 4.69) is 20.9 Å². The van der Waals surface area contributed by atoms with E-state index in [4.69, 9.17) is 4.74 Å². The van der Waals surface area contributed by atoms with E-state index in [1.54, 1.807) is 0 Å². The molecule has 0 aromatic carbocycles. The molecular weight excluding hydrogens is 188 g/mol. The first-order valence-electron chi connectivity index (χ1n) is 6.34. The number of piperazine rings is 3. The van der Waals surface area contributed by atoms with Gasteiger partial charge in [-0.05, 0) is 13.8 Å². The van der Waals surface area contributed by atoms with Gasteiger partial charge in [0.1, 0.15) is 45.8 Å². The summed E-state index contributed by atoms with van der Waals surface area (Å²) in [6.07, 6.45) is 0.388. The summed E-state index contributed by atoms with van der Waals surface area (Å²) in [4.78, 5) is 0. The Hall–Kier alpha value is -0.120. The fraction of sp³-hybridized carbons (Fsp3) is 1.00. The lowest BCUT2D eigenvalue weighted by Crippen LogP contribution is -2.74. The average molecular weight is 214 g/mol. The molecule has 0 N–H and O–H groups in total. The van der Waals surface area contributed by atoms with Gasteiger partial charge < -0.3 is 13.7 Å². The van der Waals surface area contributed by atoms with E-state index >= 15 is 0 Å². The third kappa shape index (κ3) is 2.52. The highest BCUT2D eigenvalue weighted by Gasteiger charge is 2.46. The van der Waals surface area contributed by atoms with Gasteiger partial charge in [0.2, 0.25) is 0 Å². The first kappa shape index (κ1) is 11.4. The van der Waals surface area contributed by atoms with Gasteiger partial charge in [0, 0.05) is 0 Å². The van der Waals surface area contributed by atoms with Gasteiger partial charge >= 0.3 is 0 Å². The van der Waals surface area contributed by atoms with Crippen molar-refractivity contribution in [3.05, 3.63) is 0 Å². The first-order valence-corrected chi connectivity index (χ1v) is 6.34. The second-order valence-corrected chi connectivity index (χ2v) is 5.95. The summed E-state index contributed by atoms with van der Waals surface area (Å²) >= 11 is 0. The molecule has 2 bridgehead atoms. The van der Waals surface area contributed by atoms with Gasteiger partial charge in [-0.2, -0.15) is 0 Å². The molecule has 0 aliphatic carbocycles. The Bertz CT molecular complexity index is 203. The van der Waals surface area contributed by atoms with Crippen LogP contribution in [0.15, 0.2) is 0 Å². The van der Waals surface area contributed by atoms with Crippen molar-refractivity contribution in [3.63, 3.8) is 0 Å². The zero-order chi connectivity index (χ0) is 10.9. The summed E-state index contributed by atoms with van der Waals surface area (Å²) in [5.74, 6) is 0. The lowest BCUT2D eigenvalue weighted by molar-refractivity contribution is -1.07. The summed E-state index contributed by atoms with van der Waals surface area (Å²) in [7, 11) is 2.41. The van der Waals surface area contributed by atoms with Crippen molar-refractivity contribution < 1.29 is 13.7 Å². The van der Waals surface area contributed by atoms with Crippen molar-refractivity contribution in [3.8, 4) is 0 Å². The van der Waals surface area contributed by atoms with Gasteiger partial charge in [0.05, 0.1) is 19.8 Å². The van der Waals surface area contributed by atoms with Gasteiger partial charge in [-0.3, -0.25) is 0 Å². The Morgan fingerprint density at radius 1 is 1.00 bits per heavy atom. The van der Waals surface area contributed by atoms with Crippen LogP contribution in [0.2, 0.25) is 0 Å². The number of rotatable bonds is 4. The van der Waals surface area contributed by atoms with E-state index < -0.39 is 0 Å². The first-order chi connectivity index (χ1) is 7.04. The maximum absolute atomic E-state index is 5.69. The number of quaternary nitrogens is 2. The minimum Gasteiger partial charge on any atom is -0.373 e. The molecule has 88 valence electrons. The largest absolute Gasteiger partial charge is 0.373 e. The summed E-state index contributed by atoms with van der Waals surface area (Å²) in [6.45, 7) is 14.7. The molecule has 0 spiro atoms. The predicted molar refractivity (Wildman–Crippen MR) is 61.6 cm³/mol. The molecule has 3 heteroatoms. The standard InChI is InChI=1S/C12H26N2O/c1-12(2)15-11-10-14-7-4-13(3,5-8-14)6-9-14/h12H,4-11H2,1-3H3/q+2. The Balaban J connectivity index is 1.82. The van der Waals surface area contributed by atoms with Crippen molar-refractivity contribution in [2.24, 2.45) is 0 Å². The van der Waals surface area contributed by atoms with E-state index in [0.717, 1.165) is 6.61 Å². The van der Waals surface area contributed by atoms with Crippen molar-refractivity contribution >= 4 is 0 Å². The Kier molecular flexibility index (Phi) is 3.06. The molecule has 0 saturated carbocycles. The Morgan fingerprint density at radius 2 is 1.53 bits per heavy atom. The fourth-order valence-electron chi connectivity index (χ4n) is 2.85.